The molecule has 30 heavy (non-hydrogen) atoms. The third-order valence-electron chi connectivity index (χ3n) is 5.39. The minimum Gasteiger partial charge on any atom is -0.496 e. The van der Waals surface area contributed by atoms with E-state index in [1.165, 1.54) is 12.1 Å². The van der Waals surface area contributed by atoms with Gasteiger partial charge < -0.3 is 9.64 Å². The quantitative estimate of drug-likeness (QED) is 0.481. The van der Waals surface area contributed by atoms with Gasteiger partial charge in [0.05, 0.1) is 24.0 Å². The molecular weight excluding hydrogens is 402 g/mol. The van der Waals surface area contributed by atoms with E-state index in [2.05, 4.69) is 0 Å². The van der Waals surface area contributed by atoms with E-state index in [0.717, 1.165) is 11.1 Å². The molecule has 0 bridgehead atoms. The summed E-state index contributed by atoms with van der Waals surface area (Å²) >= 11 is 0. The molecule has 6 nitrogen and oxygen atoms in total. The number of benzene rings is 3. The third kappa shape index (κ3) is 3.58. The van der Waals surface area contributed by atoms with Crippen molar-refractivity contribution in [3.63, 3.8) is 0 Å². The molecule has 4 rings (SSSR count). The maximum Gasteiger partial charge on any atom is 0.294 e. The smallest absolute Gasteiger partial charge is 0.294 e. The summed E-state index contributed by atoms with van der Waals surface area (Å²) in [6.07, 6.45) is 0. The van der Waals surface area contributed by atoms with E-state index in [-0.39, 0.29) is 16.4 Å². The molecule has 1 heterocycles. The molecule has 0 aromatic heterocycles. The highest BCUT2D eigenvalue weighted by Gasteiger charge is 2.51. The third-order valence-corrected chi connectivity index (χ3v) is 6.31. The highest BCUT2D eigenvalue weighted by Crippen LogP contribution is 2.50. The van der Waals surface area contributed by atoms with Gasteiger partial charge in [-0.25, -0.2) is 0 Å². The van der Waals surface area contributed by atoms with Crippen LogP contribution in [0.1, 0.15) is 28.7 Å². The fraction of sp³-hybridized carbons (Fsp3) is 0.174. The molecule has 1 aliphatic heterocycles. The summed E-state index contributed by atoms with van der Waals surface area (Å²) in [6.45, 7) is 0.382. The Morgan fingerprint density at radius 1 is 0.900 bits per heavy atom. The maximum absolute atomic E-state index is 13.2. The predicted octanol–water partition coefficient (Wildman–Crippen LogP) is 3.81. The van der Waals surface area contributed by atoms with Crippen molar-refractivity contribution in [1.29, 1.82) is 0 Å². The zero-order valence-electron chi connectivity index (χ0n) is 16.3. The molecule has 1 saturated heterocycles. The van der Waals surface area contributed by atoms with Crippen LogP contribution < -0.4 is 4.74 Å². The average molecular weight is 423 g/mol. The molecule has 154 valence electrons. The van der Waals surface area contributed by atoms with Gasteiger partial charge in [-0.3, -0.25) is 9.35 Å². The number of rotatable bonds is 6. The number of hydrogen-bond donors (Lipinski definition) is 1. The first-order valence-corrected chi connectivity index (χ1v) is 10.9. The number of nitrogens with zero attached hydrogens (tertiary/aromatic N) is 1. The van der Waals surface area contributed by atoms with Crippen molar-refractivity contribution in [3.8, 4) is 5.75 Å². The Bertz CT molecular complexity index is 1180. The molecule has 2 atom stereocenters. The van der Waals surface area contributed by atoms with Crippen molar-refractivity contribution in [2.45, 2.75) is 23.4 Å². The van der Waals surface area contributed by atoms with Crippen molar-refractivity contribution in [2.75, 3.05) is 7.11 Å². The summed E-state index contributed by atoms with van der Waals surface area (Å²) in [4.78, 5) is 14.7. The molecule has 0 spiro atoms. The number of carbonyl (C=O) groups is 1. The van der Waals surface area contributed by atoms with Crippen LogP contribution in [-0.2, 0) is 21.5 Å². The predicted molar refractivity (Wildman–Crippen MR) is 112 cm³/mol. The van der Waals surface area contributed by atoms with Gasteiger partial charge in [-0.2, -0.15) is 8.42 Å². The Morgan fingerprint density at radius 3 is 2.17 bits per heavy atom. The van der Waals surface area contributed by atoms with E-state index in [9.17, 15) is 17.8 Å². The minimum absolute atomic E-state index is 0.203. The molecule has 3 aromatic carbocycles. The van der Waals surface area contributed by atoms with Gasteiger partial charge in [0.2, 0.25) is 5.91 Å². The number of methoxy groups -OCH3 is 1. The molecule has 0 unspecified atom stereocenters. The first-order valence-electron chi connectivity index (χ1n) is 9.45. The number of amides is 1. The summed E-state index contributed by atoms with van der Waals surface area (Å²) in [6, 6.07) is 22.6. The lowest BCUT2D eigenvalue weighted by molar-refractivity contribution is -0.151. The summed E-state index contributed by atoms with van der Waals surface area (Å²) in [5.41, 5.74) is 2.03. The molecule has 1 N–H and O–H groups in total. The van der Waals surface area contributed by atoms with E-state index in [0.29, 0.717) is 12.3 Å². The summed E-state index contributed by atoms with van der Waals surface area (Å²) in [7, 11) is -2.92. The lowest BCUT2D eigenvalue weighted by Crippen LogP contribution is -2.53. The number of likely N-dealkylation sites (tertiary alicyclic amines) is 1. The van der Waals surface area contributed by atoms with Gasteiger partial charge in [0, 0.05) is 12.1 Å². The molecule has 3 aromatic rings. The van der Waals surface area contributed by atoms with Crippen molar-refractivity contribution in [1.82, 2.24) is 4.90 Å². The molecule has 1 fully saturated rings. The Hall–Kier alpha value is -3.16. The normalized spacial score (nSPS) is 18.7. The number of carbonyl (C=O) groups excluding carboxylic acids is 1. The van der Waals surface area contributed by atoms with Crippen LogP contribution in [0.2, 0.25) is 0 Å². The van der Waals surface area contributed by atoms with Gasteiger partial charge in [0.15, 0.2) is 0 Å². The fourth-order valence-electron chi connectivity index (χ4n) is 4.04. The number of hydrogen-bond acceptors (Lipinski definition) is 4. The minimum atomic E-state index is -4.48. The summed E-state index contributed by atoms with van der Waals surface area (Å²) in [5, 5.41) is 0. The molecule has 0 radical (unpaired) electrons. The summed E-state index contributed by atoms with van der Waals surface area (Å²) in [5.74, 6) is -0.337. The Balaban J connectivity index is 1.82. The average Bonchev–Trinajstić information content (AvgIpc) is 2.75. The van der Waals surface area contributed by atoms with Gasteiger partial charge >= 0.3 is 0 Å². The maximum atomic E-state index is 13.2. The second-order valence-electron chi connectivity index (χ2n) is 7.13. The zero-order valence-corrected chi connectivity index (χ0v) is 17.1. The number of ether oxygens (including phenoxy) is 1. The monoisotopic (exact) mass is 423 g/mol. The van der Waals surface area contributed by atoms with E-state index < -0.39 is 22.1 Å². The van der Waals surface area contributed by atoms with Crippen LogP contribution in [0.15, 0.2) is 83.8 Å². The zero-order chi connectivity index (χ0) is 21.3. The van der Waals surface area contributed by atoms with Gasteiger partial charge in [-0.15, -0.1) is 0 Å². The van der Waals surface area contributed by atoms with Gasteiger partial charge in [0.1, 0.15) is 5.75 Å². The van der Waals surface area contributed by atoms with Crippen LogP contribution in [0.4, 0.5) is 0 Å². The molecule has 7 heteroatoms. The molecule has 1 amide bonds. The van der Waals surface area contributed by atoms with E-state index in [1.54, 1.807) is 24.1 Å². The Labute approximate surface area is 175 Å². The highest BCUT2D eigenvalue weighted by molar-refractivity contribution is 7.85. The van der Waals surface area contributed by atoms with Crippen LogP contribution in [0.3, 0.4) is 0 Å². The fourth-order valence-corrected chi connectivity index (χ4v) is 4.78. The number of para-hydroxylation sites is 1. The lowest BCUT2D eigenvalue weighted by atomic mass is 9.77. The van der Waals surface area contributed by atoms with Crippen molar-refractivity contribution >= 4 is 16.0 Å². The molecular formula is C23H21NO5S. The highest BCUT2D eigenvalue weighted by atomic mass is 32.2. The molecule has 0 aliphatic carbocycles. The second-order valence-corrected chi connectivity index (χ2v) is 8.52. The van der Waals surface area contributed by atoms with Crippen molar-refractivity contribution in [3.05, 3.63) is 95.6 Å². The van der Waals surface area contributed by atoms with Gasteiger partial charge in [-0.05, 0) is 23.3 Å². The topological polar surface area (TPSA) is 83.9 Å². The van der Waals surface area contributed by atoms with Crippen molar-refractivity contribution in [2.24, 2.45) is 0 Å². The first-order chi connectivity index (χ1) is 14.4. The standard InChI is InChI=1S/C23H21NO5S/c1-29-19-13-7-5-11-17(19)22-21(18-12-6-8-14-20(18)30(26,27)28)23(25)24(22)15-16-9-3-2-4-10-16/h2-14,21-22H,15H2,1H3,(H,26,27,28)/t21-,22-/m1/s1. The SMILES string of the molecule is COc1ccccc1[C@@H]1[C@@H](c2ccccc2S(=O)(=O)O)C(=O)N1Cc1ccccc1. The van der Waals surface area contributed by atoms with Crippen molar-refractivity contribution < 1.29 is 22.5 Å². The largest absolute Gasteiger partial charge is 0.496 e. The van der Waals surface area contributed by atoms with Crippen LogP contribution in [-0.4, -0.2) is 30.9 Å². The van der Waals surface area contributed by atoms with Crippen LogP contribution in [0, 0.1) is 0 Å². The summed E-state index contributed by atoms with van der Waals surface area (Å²) < 4.78 is 39.1. The first kappa shape index (κ1) is 20.1. The van der Waals surface area contributed by atoms with Gasteiger partial charge in [0.25, 0.3) is 10.1 Å². The van der Waals surface area contributed by atoms with Gasteiger partial charge in [-0.1, -0.05) is 66.7 Å². The van der Waals surface area contributed by atoms with Crippen LogP contribution >= 0.6 is 0 Å². The molecule has 1 aliphatic rings. The number of β-lactam (4-membered cyclic amide) rings is 1. The van der Waals surface area contributed by atoms with Crippen LogP contribution in [0.25, 0.3) is 0 Å². The van der Waals surface area contributed by atoms with Crippen LogP contribution in [0.5, 0.6) is 5.75 Å². The lowest BCUT2D eigenvalue weighted by Gasteiger charge is -2.48. The van der Waals surface area contributed by atoms with E-state index in [1.807, 2.05) is 54.6 Å². The second kappa shape index (κ2) is 7.93. The van der Waals surface area contributed by atoms with E-state index >= 15 is 0 Å². The Kier molecular flexibility index (Phi) is 5.32. The Morgan fingerprint density at radius 2 is 1.50 bits per heavy atom. The molecule has 0 saturated carbocycles. The van der Waals surface area contributed by atoms with E-state index in [4.69, 9.17) is 4.74 Å².